The fourth-order valence-corrected chi connectivity index (χ4v) is 5.61. The van der Waals surface area contributed by atoms with Crippen molar-refractivity contribution in [3.8, 4) is 0 Å². The van der Waals surface area contributed by atoms with E-state index in [9.17, 15) is 9.59 Å². The molecule has 2 heterocycles. The van der Waals surface area contributed by atoms with Crippen LogP contribution in [-0.4, -0.2) is 21.1 Å². The summed E-state index contributed by atoms with van der Waals surface area (Å²) in [6, 6.07) is 9.22. The van der Waals surface area contributed by atoms with Crippen molar-refractivity contribution < 1.29 is 4.79 Å². The smallest absolute Gasteiger partial charge is 0.263 e. The molecule has 0 saturated carbocycles. The largest absolute Gasteiger partial charge is 0.293 e. The first-order valence-corrected chi connectivity index (χ1v) is 10.8. The van der Waals surface area contributed by atoms with Crippen LogP contribution in [0.1, 0.15) is 34.1 Å². The normalized spacial score (nSPS) is 13.1. The Labute approximate surface area is 165 Å². The van der Waals surface area contributed by atoms with Gasteiger partial charge in [0.2, 0.25) is 0 Å². The van der Waals surface area contributed by atoms with E-state index in [0.29, 0.717) is 17.3 Å². The second-order valence-corrected chi connectivity index (χ2v) is 8.88. The predicted octanol–water partition coefficient (Wildman–Crippen LogP) is 4.50. The molecule has 1 aromatic carbocycles. The van der Waals surface area contributed by atoms with Gasteiger partial charge in [0, 0.05) is 17.0 Å². The van der Waals surface area contributed by atoms with E-state index in [-0.39, 0.29) is 17.1 Å². The fraction of sp³-hybridized carbons (Fsp3) is 0.286. The number of Topliss-reactive ketones (excluding diaryl/α,β-unsaturated/α-hetero) is 1. The van der Waals surface area contributed by atoms with Gasteiger partial charge in [-0.2, -0.15) is 0 Å². The molecule has 1 aliphatic carbocycles. The maximum Gasteiger partial charge on any atom is 0.263 e. The number of nitrogens with zero attached hydrogens (tertiary/aromatic N) is 2. The highest BCUT2D eigenvalue weighted by atomic mass is 32.2. The molecule has 0 bridgehead atoms. The number of fused-ring (bicyclic) bond motifs is 3. The van der Waals surface area contributed by atoms with Crippen molar-refractivity contribution in [2.75, 3.05) is 5.75 Å². The molecule has 1 aliphatic rings. The molecule has 0 unspecified atom stereocenters. The second kappa shape index (κ2) is 7.44. The number of hydrogen-bond donors (Lipinski definition) is 0. The summed E-state index contributed by atoms with van der Waals surface area (Å²) in [5.74, 6) is 0.286. The Morgan fingerprint density at radius 2 is 2.07 bits per heavy atom. The van der Waals surface area contributed by atoms with E-state index >= 15 is 0 Å². The van der Waals surface area contributed by atoms with E-state index in [1.165, 1.54) is 22.2 Å². The lowest BCUT2D eigenvalue weighted by Crippen LogP contribution is -2.24. The molecular formula is C21H20N2O2S2. The van der Waals surface area contributed by atoms with Crippen LogP contribution >= 0.6 is 23.1 Å². The van der Waals surface area contributed by atoms with Crippen molar-refractivity contribution >= 4 is 39.1 Å². The fourth-order valence-electron chi connectivity index (χ4n) is 3.42. The monoisotopic (exact) mass is 396 g/mol. The molecule has 0 atom stereocenters. The van der Waals surface area contributed by atoms with Gasteiger partial charge in [-0.3, -0.25) is 14.2 Å². The van der Waals surface area contributed by atoms with E-state index in [1.54, 1.807) is 15.9 Å². The minimum atomic E-state index is -0.00272. The third kappa shape index (κ3) is 3.51. The van der Waals surface area contributed by atoms with Crippen LogP contribution in [0.2, 0.25) is 0 Å². The van der Waals surface area contributed by atoms with Gasteiger partial charge >= 0.3 is 0 Å². The standard InChI is InChI=1S/C21H20N2O2S2/c1-13(2)11-23-20(25)18-15-9-6-10-17(15)27-19(18)22-21(23)26-12-16(24)14-7-4-3-5-8-14/h3-5,7-8H,1,6,9-12H2,2H3. The maximum atomic E-state index is 13.2. The molecule has 0 amide bonds. The predicted molar refractivity (Wildman–Crippen MR) is 112 cm³/mol. The van der Waals surface area contributed by atoms with E-state index in [0.717, 1.165) is 35.1 Å². The Morgan fingerprint density at radius 3 is 2.81 bits per heavy atom. The van der Waals surface area contributed by atoms with Crippen molar-refractivity contribution in [1.29, 1.82) is 0 Å². The van der Waals surface area contributed by atoms with Crippen LogP contribution in [0.5, 0.6) is 0 Å². The Kier molecular flexibility index (Phi) is 5.02. The molecule has 0 aliphatic heterocycles. The van der Waals surface area contributed by atoms with Gasteiger partial charge in [0.05, 0.1) is 11.1 Å². The Bertz CT molecular complexity index is 1100. The lowest BCUT2D eigenvalue weighted by Gasteiger charge is -2.12. The van der Waals surface area contributed by atoms with E-state index < -0.39 is 0 Å². The van der Waals surface area contributed by atoms with Crippen LogP contribution in [0.4, 0.5) is 0 Å². The molecule has 0 N–H and O–H groups in total. The number of thioether (sulfide) groups is 1. The SMILES string of the molecule is C=C(C)Cn1c(SCC(=O)c2ccccc2)nc2sc3c(c2c1=O)CCC3. The van der Waals surface area contributed by atoms with Gasteiger partial charge in [0.25, 0.3) is 5.56 Å². The first-order valence-electron chi connectivity index (χ1n) is 8.95. The molecule has 4 rings (SSSR count). The van der Waals surface area contributed by atoms with Gasteiger partial charge in [0.1, 0.15) is 4.83 Å². The number of thiophene rings is 1. The number of benzene rings is 1. The lowest BCUT2D eigenvalue weighted by molar-refractivity contribution is 0.102. The van der Waals surface area contributed by atoms with Gasteiger partial charge in [-0.05, 0) is 31.7 Å². The van der Waals surface area contributed by atoms with Gasteiger partial charge in [-0.1, -0.05) is 54.2 Å². The summed E-state index contributed by atoms with van der Waals surface area (Å²) in [6.07, 6.45) is 3.10. The van der Waals surface area contributed by atoms with Crippen LogP contribution in [0.25, 0.3) is 10.2 Å². The lowest BCUT2D eigenvalue weighted by atomic mass is 10.2. The molecule has 27 heavy (non-hydrogen) atoms. The molecule has 4 nitrogen and oxygen atoms in total. The molecule has 0 radical (unpaired) electrons. The van der Waals surface area contributed by atoms with Crippen molar-refractivity contribution in [2.24, 2.45) is 0 Å². The van der Waals surface area contributed by atoms with Gasteiger partial charge in [-0.15, -0.1) is 11.3 Å². The number of hydrogen-bond acceptors (Lipinski definition) is 5. The highest BCUT2D eigenvalue weighted by molar-refractivity contribution is 7.99. The average molecular weight is 397 g/mol. The zero-order valence-electron chi connectivity index (χ0n) is 15.2. The van der Waals surface area contributed by atoms with Crippen LogP contribution in [0, 0.1) is 0 Å². The summed E-state index contributed by atoms with van der Waals surface area (Å²) in [7, 11) is 0. The minimum Gasteiger partial charge on any atom is -0.293 e. The van der Waals surface area contributed by atoms with E-state index in [1.807, 2.05) is 37.3 Å². The minimum absolute atomic E-state index is 0.00272. The Balaban J connectivity index is 1.71. The average Bonchev–Trinajstić information content (AvgIpc) is 3.23. The molecule has 0 saturated heterocycles. The molecule has 6 heteroatoms. The van der Waals surface area contributed by atoms with Crippen molar-refractivity contribution in [3.05, 3.63) is 68.8 Å². The Hall–Kier alpha value is -2.18. The zero-order valence-corrected chi connectivity index (χ0v) is 16.8. The number of rotatable bonds is 6. The van der Waals surface area contributed by atoms with E-state index in [4.69, 9.17) is 4.98 Å². The van der Waals surface area contributed by atoms with Crippen LogP contribution < -0.4 is 5.56 Å². The summed E-state index contributed by atoms with van der Waals surface area (Å²) < 4.78 is 1.68. The first kappa shape index (κ1) is 18.2. The first-order chi connectivity index (χ1) is 13.0. The third-order valence-electron chi connectivity index (χ3n) is 4.65. The number of aryl methyl sites for hydroxylation is 2. The van der Waals surface area contributed by atoms with Crippen LogP contribution in [0.15, 0.2) is 52.4 Å². The summed E-state index contributed by atoms with van der Waals surface area (Å²) in [6.45, 7) is 6.28. The topological polar surface area (TPSA) is 52.0 Å². The summed E-state index contributed by atoms with van der Waals surface area (Å²) in [5, 5.41) is 1.37. The van der Waals surface area contributed by atoms with Gasteiger partial charge < -0.3 is 0 Å². The summed E-state index contributed by atoms with van der Waals surface area (Å²) in [5.41, 5.74) is 2.74. The van der Waals surface area contributed by atoms with Gasteiger partial charge in [0.15, 0.2) is 10.9 Å². The zero-order chi connectivity index (χ0) is 19.0. The molecule has 2 aromatic heterocycles. The van der Waals surface area contributed by atoms with Gasteiger partial charge in [-0.25, -0.2) is 4.98 Å². The van der Waals surface area contributed by atoms with Crippen molar-refractivity contribution in [2.45, 2.75) is 37.9 Å². The summed E-state index contributed by atoms with van der Waals surface area (Å²) in [4.78, 5) is 32.5. The number of allylic oxidation sites excluding steroid dienone is 1. The highest BCUT2D eigenvalue weighted by Gasteiger charge is 2.23. The summed E-state index contributed by atoms with van der Waals surface area (Å²) >= 11 is 2.96. The third-order valence-corrected chi connectivity index (χ3v) is 6.81. The Morgan fingerprint density at radius 1 is 1.30 bits per heavy atom. The molecule has 138 valence electrons. The molecule has 0 spiro atoms. The molecular weight excluding hydrogens is 376 g/mol. The van der Waals surface area contributed by atoms with Crippen LogP contribution in [0.3, 0.4) is 0 Å². The quantitative estimate of drug-likeness (QED) is 0.266. The number of carbonyl (C=O) groups excluding carboxylic acids is 1. The van der Waals surface area contributed by atoms with Crippen molar-refractivity contribution in [1.82, 2.24) is 9.55 Å². The number of ketones is 1. The molecule has 3 aromatic rings. The second-order valence-electron chi connectivity index (χ2n) is 6.86. The van der Waals surface area contributed by atoms with Crippen LogP contribution in [-0.2, 0) is 19.4 Å². The number of carbonyl (C=O) groups is 1. The van der Waals surface area contributed by atoms with E-state index in [2.05, 4.69) is 6.58 Å². The molecule has 0 fully saturated rings. The highest BCUT2D eigenvalue weighted by Crippen LogP contribution is 2.35. The maximum absolute atomic E-state index is 13.2. The number of aromatic nitrogens is 2. The van der Waals surface area contributed by atoms with Crippen molar-refractivity contribution in [3.63, 3.8) is 0 Å².